The minimum absolute atomic E-state index is 0.00290. The largest absolute Gasteiger partial charge is 0.344 e. The van der Waals surface area contributed by atoms with Gasteiger partial charge in [-0.15, -0.1) is 0 Å². The highest BCUT2D eigenvalue weighted by atomic mass is 16.2. The normalized spacial score (nSPS) is 20.7. The summed E-state index contributed by atoms with van der Waals surface area (Å²) in [5.74, 6) is -0.304. The molecule has 2 unspecified atom stereocenters. The molecule has 164 valence electrons. The molecule has 3 rings (SSSR count). The van der Waals surface area contributed by atoms with Crippen LogP contribution in [0.4, 0.5) is 0 Å². The summed E-state index contributed by atoms with van der Waals surface area (Å²) in [4.78, 5) is 42.6. The molecule has 0 saturated carbocycles. The van der Waals surface area contributed by atoms with Crippen molar-refractivity contribution in [3.8, 4) is 0 Å². The first-order valence-corrected chi connectivity index (χ1v) is 11.2. The van der Waals surface area contributed by atoms with Crippen LogP contribution in [-0.4, -0.2) is 59.7 Å². The average molecular weight is 414 g/mol. The molecule has 0 aliphatic carbocycles. The van der Waals surface area contributed by atoms with Crippen LogP contribution in [-0.2, 0) is 20.8 Å². The lowest BCUT2D eigenvalue weighted by Crippen LogP contribution is -2.53. The molecule has 2 fully saturated rings. The molecule has 2 saturated heterocycles. The van der Waals surface area contributed by atoms with Crippen LogP contribution < -0.4 is 5.32 Å². The van der Waals surface area contributed by atoms with Crippen molar-refractivity contribution in [3.05, 3.63) is 35.9 Å². The SMILES string of the molecule is CC(C)(C)C(=O)N1CCCC(C(=O)NC(Cc2ccccc2)C(=O)N2CCCC2)C1. The maximum Gasteiger partial charge on any atom is 0.245 e. The standard InChI is InChI=1S/C24H35N3O3/c1-24(2,3)23(30)27-15-9-12-19(17-27)21(28)25-20(16-18-10-5-4-6-11-18)22(29)26-13-7-8-14-26/h4-6,10-11,19-20H,7-9,12-17H2,1-3H3,(H,25,28). The van der Waals surface area contributed by atoms with Crippen molar-refractivity contribution in [2.45, 2.75) is 58.9 Å². The topological polar surface area (TPSA) is 69.7 Å². The summed E-state index contributed by atoms with van der Waals surface area (Å²) in [5.41, 5.74) is 0.573. The van der Waals surface area contributed by atoms with Gasteiger partial charge < -0.3 is 15.1 Å². The van der Waals surface area contributed by atoms with E-state index in [-0.39, 0.29) is 23.6 Å². The Bertz CT molecular complexity index is 751. The zero-order valence-corrected chi connectivity index (χ0v) is 18.5. The summed E-state index contributed by atoms with van der Waals surface area (Å²) in [6.45, 7) is 8.36. The monoisotopic (exact) mass is 413 g/mol. The fourth-order valence-corrected chi connectivity index (χ4v) is 4.35. The van der Waals surface area contributed by atoms with Crippen molar-refractivity contribution in [2.75, 3.05) is 26.2 Å². The summed E-state index contributed by atoms with van der Waals surface area (Å²) in [5, 5.41) is 3.04. The number of rotatable bonds is 5. The summed E-state index contributed by atoms with van der Waals surface area (Å²) in [7, 11) is 0. The van der Waals surface area contributed by atoms with Crippen molar-refractivity contribution in [1.82, 2.24) is 15.1 Å². The number of carbonyl (C=O) groups excluding carboxylic acids is 3. The molecule has 2 atom stereocenters. The third-order valence-electron chi connectivity index (χ3n) is 6.04. The van der Waals surface area contributed by atoms with Gasteiger partial charge in [0, 0.05) is 38.0 Å². The highest BCUT2D eigenvalue weighted by Crippen LogP contribution is 2.24. The van der Waals surface area contributed by atoms with Crippen molar-refractivity contribution >= 4 is 17.7 Å². The van der Waals surface area contributed by atoms with Crippen LogP contribution >= 0.6 is 0 Å². The predicted molar refractivity (Wildman–Crippen MR) is 117 cm³/mol. The Morgan fingerprint density at radius 2 is 1.63 bits per heavy atom. The van der Waals surface area contributed by atoms with Crippen LogP contribution in [0, 0.1) is 11.3 Å². The lowest BCUT2D eigenvalue weighted by molar-refractivity contribution is -0.144. The second kappa shape index (κ2) is 9.63. The summed E-state index contributed by atoms with van der Waals surface area (Å²) in [6, 6.07) is 9.26. The smallest absolute Gasteiger partial charge is 0.245 e. The number of likely N-dealkylation sites (tertiary alicyclic amines) is 2. The van der Waals surface area contributed by atoms with Gasteiger partial charge in [0.05, 0.1) is 5.92 Å². The van der Waals surface area contributed by atoms with Gasteiger partial charge in [-0.25, -0.2) is 0 Å². The van der Waals surface area contributed by atoms with Gasteiger partial charge in [0.1, 0.15) is 6.04 Å². The first kappa shape index (κ1) is 22.3. The lowest BCUT2D eigenvalue weighted by Gasteiger charge is -2.36. The molecule has 0 bridgehead atoms. The van der Waals surface area contributed by atoms with E-state index in [1.807, 2.05) is 60.9 Å². The third kappa shape index (κ3) is 5.61. The molecule has 0 aromatic heterocycles. The lowest BCUT2D eigenvalue weighted by atomic mass is 9.90. The van der Waals surface area contributed by atoms with Crippen LogP contribution in [0.2, 0.25) is 0 Å². The minimum atomic E-state index is -0.563. The maximum absolute atomic E-state index is 13.1. The Kier molecular flexibility index (Phi) is 7.16. The number of hydrogen-bond acceptors (Lipinski definition) is 3. The first-order valence-electron chi connectivity index (χ1n) is 11.2. The molecule has 1 aromatic carbocycles. The number of nitrogens with one attached hydrogen (secondary N) is 1. The molecule has 1 N–H and O–H groups in total. The van der Waals surface area contributed by atoms with Crippen LogP contribution in [0.1, 0.15) is 52.0 Å². The van der Waals surface area contributed by atoms with Crippen molar-refractivity contribution in [3.63, 3.8) is 0 Å². The maximum atomic E-state index is 13.1. The van der Waals surface area contributed by atoms with Gasteiger partial charge in [-0.1, -0.05) is 51.1 Å². The van der Waals surface area contributed by atoms with Gasteiger partial charge in [0.2, 0.25) is 17.7 Å². The Labute approximate surface area is 180 Å². The highest BCUT2D eigenvalue weighted by Gasteiger charge is 2.35. The Morgan fingerprint density at radius 1 is 1.00 bits per heavy atom. The zero-order valence-electron chi connectivity index (χ0n) is 18.5. The fourth-order valence-electron chi connectivity index (χ4n) is 4.35. The summed E-state index contributed by atoms with van der Waals surface area (Å²) >= 11 is 0. The molecular weight excluding hydrogens is 378 g/mol. The molecule has 30 heavy (non-hydrogen) atoms. The van der Waals surface area contributed by atoms with E-state index in [1.165, 1.54) is 0 Å². The van der Waals surface area contributed by atoms with Gasteiger partial charge in [-0.2, -0.15) is 0 Å². The number of carbonyl (C=O) groups is 3. The van der Waals surface area contributed by atoms with Gasteiger partial charge in [0.15, 0.2) is 0 Å². The summed E-state index contributed by atoms with van der Waals surface area (Å²) < 4.78 is 0. The number of piperidine rings is 1. The second-order valence-electron chi connectivity index (χ2n) is 9.62. The molecule has 1 aromatic rings. The van der Waals surface area contributed by atoms with E-state index in [1.54, 1.807) is 0 Å². The Balaban J connectivity index is 1.68. The fraction of sp³-hybridized carbons (Fsp3) is 0.625. The molecule has 0 radical (unpaired) electrons. The Hall–Kier alpha value is -2.37. The average Bonchev–Trinajstić information content (AvgIpc) is 3.27. The quantitative estimate of drug-likeness (QED) is 0.807. The van der Waals surface area contributed by atoms with E-state index in [0.717, 1.165) is 44.3 Å². The van der Waals surface area contributed by atoms with E-state index in [0.29, 0.717) is 19.5 Å². The van der Waals surface area contributed by atoms with Crippen LogP contribution in [0.3, 0.4) is 0 Å². The van der Waals surface area contributed by atoms with Crippen molar-refractivity contribution in [1.29, 1.82) is 0 Å². The molecule has 6 nitrogen and oxygen atoms in total. The van der Waals surface area contributed by atoms with E-state index < -0.39 is 11.5 Å². The predicted octanol–water partition coefficient (Wildman–Crippen LogP) is 2.62. The molecule has 6 heteroatoms. The second-order valence-corrected chi connectivity index (χ2v) is 9.62. The van der Waals surface area contributed by atoms with Crippen LogP contribution in [0.15, 0.2) is 30.3 Å². The van der Waals surface area contributed by atoms with E-state index in [4.69, 9.17) is 0 Å². The summed E-state index contributed by atoms with van der Waals surface area (Å²) in [6.07, 6.45) is 4.08. The molecule has 2 aliphatic rings. The molecular formula is C24H35N3O3. The van der Waals surface area contributed by atoms with Gasteiger partial charge in [0.25, 0.3) is 0 Å². The van der Waals surface area contributed by atoms with E-state index in [9.17, 15) is 14.4 Å². The van der Waals surface area contributed by atoms with Gasteiger partial charge in [-0.3, -0.25) is 14.4 Å². The van der Waals surface area contributed by atoms with E-state index in [2.05, 4.69) is 5.32 Å². The number of nitrogens with zero attached hydrogens (tertiary/aromatic N) is 2. The Morgan fingerprint density at radius 3 is 2.27 bits per heavy atom. The highest BCUT2D eigenvalue weighted by molar-refractivity contribution is 5.89. The molecule has 2 aliphatic heterocycles. The van der Waals surface area contributed by atoms with Gasteiger partial charge in [-0.05, 0) is 31.2 Å². The molecule has 0 spiro atoms. The van der Waals surface area contributed by atoms with Crippen molar-refractivity contribution in [2.24, 2.45) is 11.3 Å². The number of benzene rings is 1. The van der Waals surface area contributed by atoms with Crippen LogP contribution in [0.25, 0.3) is 0 Å². The molecule has 2 heterocycles. The number of amides is 3. The van der Waals surface area contributed by atoms with Crippen LogP contribution in [0.5, 0.6) is 0 Å². The zero-order chi connectivity index (χ0) is 21.7. The van der Waals surface area contributed by atoms with E-state index >= 15 is 0 Å². The number of hydrogen-bond donors (Lipinski definition) is 1. The first-order chi connectivity index (χ1) is 14.3. The van der Waals surface area contributed by atoms with Crippen molar-refractivity contribution < 1.29 is 14.4 Å². The molecule has 3 amide bonds. The third-order valence-corrected chi connectivity index (χ3v) is 6.04. The van der Waals surface area contributed by atoms with Gasteiger partial charge >= 0.3 is 0 Å². The minimum Gasteiger partial charge on any atom is -0.344 e.